The van der Waals surface area contributed by atoms with Crippen LogP contribution in [0.4, 0.5) is 4.79 Å². The maximum atomic E-state index is 12.8. The van der Waals surface area contributed by atoms with Crippen molar-refractivity contribution < 1.29 is 9.90 Å². The molecular formula is C23H29N3O2. The van der Waals surface area contributed by atoms with E-state index in [0.717, 1.165) is 44.1 Å². The van der Waals surface area contributed by atoms with Gasteiger partial charge in [-0.05, 0) is 55.2 Å². The molecule has 0 aromatic heterocycles. The highest BCUT2D eigenvalue weighted by Crippen LogP contribution is 2.44. The first kappa shape index (κ1) is 19.0. The molecule has 3 aliphatic rings. The van der Waals surface area contributed by atoms with E-state index in [4.69, 9.17) is 0 Å². The van der Waals surface area contributed by atoms with Gasteiger partial charge in [-0.3, -0.25) is 0 Å². The Hall–Kier alpha value is -2.32. The lowest BCUT2D eigenvalue weighted by Gasteiger charge is -2.52. The number of allylic oxidation sites excluding steroid dienone is 2. The average molecular weight is 380 g/mol. The van der Waals surface area contributed by atoms with Gasteiger partial charge in [0.05, 0.1) is 18.7 Å². The molecule has 0 bridgehead atoms. The summed E-state index contributed by atoms with van der Waals surface area (Å²) in [7, 11) is 0. The summed E-state index contributed by atoms with van der Waals surface area (Å²) in [6.45, 7) is -0.131. The van der Waals surface area contributed by atoms with Gasteiger partial charge in [0.15, 0.2) is 0 Å². The van der Waals surface area contributed by atoms with Crippen molar-refractivity contribution in [2.45, 2.75) is 75.4 Å². The van der Waals surface area contributed by atoms with Crippen LogP contribution in [0.25, 0.3) is 5.57 Å². The van der Waals surface area contributed by atoms with Gasteiger partial charge >= 0.3 is 6.03 Å². The van der Waals surface area contributed by atoms with Crippen LogP contribution in [0.15, 0.2) is 30.3 Å². The normalized spacial score (nSPS) is 27.6. The van der Waals surface area contributed by atoms with Gasteiger partial charge in [-0.2, -0.15) is 5.26 Å². The number of likely N-dealkylation sites (tertiary alicyclic amines) is 1. The summed E-state index contributed by atoms with van der Waals surface area (Å²) >= 11 is 0. The van der Waals surface area contributed by atoms with E-state index in [1.54, 1.807) is 4.90 Å². The highest BCUT2D eigenvalue weighted by molar-refractivity contribution is 5.78. The SMILES string of the molecule is N#C[C@H]1[C@@H](c2ccccc2C2=CCCCC2)[C@@H](CO)N1C(=O)NC1CCCC1. The molecule has 1 aromatic carbocycles. The molecule has 1 aromatic rings. The van der Waals surface area contributed by atoms with Crippen LogP contribution in [-0.2, 0) is 0 Å². The summed E-state index contributed by atoms with van der Waals surface area (Å²) in [4.78, 5) is 14.4. The van der Waals surface area contributed by atoms with Crippen LogP contribution >= 0.6 is 0 Å². The third-order valence-electron chi connectivity index (χ3n) is 6.61. The van der Waals surface area contributed by atoms with Gasteiger partial charge in [0.1, 0.15) is 6.04 Å². The Kier molecular flexibility index (Phi) is 5.68. The molecule has 0 spiro atoms. The average Bonchev–Trinajstić information content (AvgIpc) is 3.22. The Morgan fingerprint density at radius 1 is 1.21 bits per heavy atom. The Morgan fingerprint density at radius 3 is 2.68 bits per heavy atom. The fourth-order valence-electron chi connectivity index (χ4n) is 5.14. The second-order valence-corrected chi connectivity index (χ2v) is 8.25. The van der Waals surface area contributed by atoms with Crippen LogP contribution in [0.5, 0.6) is 0 Å². The molecule has 3 atom stereocenters. The highest BCUT2D eigenvalue weighted by atomic mass is 16.3. The highest BCUT2D eigenvalue weighted by Gasteiger charge is 2.52. The van der Waals surface area contributed by atoms with Crippen molar-refractivity contribution >= 4 is 11.6 Å². The number of nitrogens with one attached hydrogen (secondary N) is 1. The van der Waals surface area contributed by atoms with E-state index in [0.29, 0.717) is 0 Å². The lowest BCUT2D eigenvalue weighted by Crippen LogP contribution is -2.67. The topological polar surface area (TPSA) is 76.4 Å². The number of carbonyl (C=O) groups excluding carboxylic acids is 1. The summed E-state index contributed by atoms with van der Waals surface area (Å²) in [5, 5.41) is 23.0. The molecule has 2 amide bonds. The molecule has 1 heterocycles. The van der Waals surface area contributed by atoms with E-state index in [1.807, 2.05) is 12.1 Å². The molecule has 0 unspecified atom stereocenters. The van der Waals surface area contributed by atoms with Crippen molar-refractivity contribution in [2.24, 2.45) is 0 Å². The van der Waals surface area contributed by atoms with Crippen LogP contribution in [0.1, 0.15) is 68.4 Å². The standard InChI is InChI=1S/C23H29N3O2/c24-14-20-22(19-13-7-6-12-18(19)16-8-2-1-3-9-16)21(15-27)26(20)23(28)25-17-10-4-5-11-17/h6-8,12-13,17,20-22,27H,1-5,9-11,15H2,(H,25,28)/t20-,21+,22+/m0/s1. The lowest BCUT2D eigenvalue weighted by molar-refractivity contribution is 0.0157. The largest absolute Gasteiger partial charge is 0.394 e. The number of carbonyl (C=O) groups is 1. The van der Waals surface area contributed by atoms with Crippen LogP contribution < -0.4 is 5.32 Å². The predicted molar refractivity (Wildman–Crippen MR) is 109 cm³/mol. The molecule has 5 nitrogen and oxygen atoms in total. The van der Waals surface area contributed by atoms with Gasteiger partial charge in [0, 0.05) is 12.0 Å². The summed E-state index contributed by atoms with van der Waals surface area (Å²) in [5.41, 5.74) is 3.61. The first-order valence-electron chi connectivity index (χ1n) is 10.6. The number of aliphatic hydroxyl groups is 1. The molecule has 2 aliphatic carbocycles. The first-order valence-corrected chi connectivity index (χ1v) is 10.6. The Labute approximate surface area is 167 Å². The second-order valence-electron chi connectivity index (χ2n) is 8.25. The van der Waals surface area contributed by atoms with Crippen LogP contribution in [-0.4, -0.2) is 40.8 Å². The van der Waals surface area contributed by atoms with Crippen LogP contribution in [0.2, 0.25) is 0 Å². The minimum Gasteiger partial charge on any atom is -0.394 e. The minimum absolute atomic E-state index is 0.131. The zero-order valence-electron chi connectivity index (χ0n) is 16.3. The van der Waals surface area contributed by atoms with Crippen molar-refractivity contribution in [3.63, 3.8) is 0 Å². The Balaban J connectivity index is 1.59. The zero-order valence-corrected chi connectivity index (χ0v) is 16.3. The lowest BCUT2D eigenvalue weighted by atomic mass is 9.73. The molecule has 2 fully saturated rings. The predicted octanol–water partition coefficient (Wildman–Crippen LogP) is 3.95. The summed E-state index contributed by atoms with van der Waals surface area (Å²) in [6.07, 6.45) is 11.1. The Morgan fingerprint density at radius 2 is 2.00 bits per heavy atom. The van der Waals surface area contributed by atoms with Crippen LogP contribution in [0, 0.1) is 11.3 Å². The molecule has 5 heteroatoms. The number of benzene rings is 1. The molecule has 1 saturated heterocycles. The third kappa shape index (κ3) is 3.42. The fourth-order valence-corrected chi connectivity index (χ4v) is 5.14. The summed E-state index contributed by atoms with van der Waals surface area (Å²) in [6, 6.07) is 9.65. The quantitative estimate of drug-likeness (QED) is 0.832. The fraction of sp³-hybridized carbons (Fsp3) is 0.565. The minimum atomic E-state index is -0.538. The molecule has 1 saturated carbocycles. The van der Waals surface area contributed by atoms with Gasteiger partial charge < -0.3 is 15.3 Å². The third-order valence-corrected chi connectivity index (χ3v) is 6.61. The maximum Gasteiger partial charge on any atom is 0.319 e. The van der Waals surface area contributed by atoms with Crippen molar-refractivity contribution in [1.29, 1.82) is 5.26 Å². The van der Waals surface area contributed by atoms with E-state index in [1.165, 1.54) is 24.0 Å². The van der Waals surface area contributed by atoms with E-state index >= 15 is 0 Å². The molecule has 1 aliphatic heterocycles. The van der Waals surface area contributed by atoms with Gasteiger partial charge in [0.25, 0.3) is 0 Å². The van der Waals surface area contributed by atoms with E-state index in [2.05, 4.69) is 29.6 Å². The number of urea groups is 1. The smallest absolute Gasteiger partial charge is 0.319 e. The molecule has 28 heavy (non-hydrogen) atoms. The number of hydrogen-bond acceptors (Lipinski definition) is 3. The number of amides is 2. The number of rotatable bonds is 4. The number of nitrogens with zero attached hydrogens (tertiary/aromatic N) is 2. The van der Waals surface area contributed by atoms with Crippen molar-refractivity contribution in [1.82, 2.24) is 10.2 Å². The second kappa shape index (κ2) is 8.36. The van der Waals surface area contributed by atoms with Crippen molar-refractivity contribution in [3.8, 4) is 6.07 Å². The van der Waals surface area contributed by atoms with Gasteiger partial charge in [-0.25, -0.2) is 4.79 Å². The molecule has 2 N–H and O–H groups in total. The van der Waals surface area contributed by atoms with Gasteiger partial charge in [-0.1, -0.05) is 43.2 Å². The monoisotopic (exact) mass is 379 g/mol. The first-order chi connectivity index (χ1) is 13.7. The Bertz CT molecular complexity index is 791. The van der Waals surface area contributed by atoms with E-state index in [-0.39, 0.29) is 30.6 Å². The van der Waals surface area contributed by atoms with Gasteiger partial charge in [0.2, 0.25) is 0 Å². The zero-order chi connectivity index (χ0) is 19.5. The van der Waals surface area contributed by atoms with Gasteiger partial charge in [-0.15, -0.1) is 0 Å². The number of nitriles is 1. The molecule has 0 radical (unpaired) electrons. The number of hydrogen-bond donors (Lipinski definition) is 2. The summed E-state index contributed by atoms with van der Waals surface area (Å²) in [5.74, 6) is -0.150. The van der Waals surface area contributed by atoms with Crippen molar-refractivity contribution in [2.75, 3.05) is 6.61 Å². The van der Waals surface area contributed by atoms with E-state index in [9.17, 15) is 15.2 Å². The summed E-state index contributed by atoms with van der Waals surface area (Å²) < 4.78 is 0. The van der Waals surface area contributed by atoms with Crippen molar-refractivity contribution in [3.05, 3.63) is 41.5 Å². The molecular weight excluding hydrogens is 350 g/mol. The number of aliphatic hydroxyl groups excluding tert-OH is 1. The maximum absolute atomic E-state index is 12.8. The molecule has 148 valence electrons. The molecule has 4 rings (SSSR count). The van der Waals surface area contributed by atoms with E-state index < -0.39 is 6.04 Å². The van der Waals surface area contributed by atoms with Crippen LogP contribution in [0.3, 0.4) is 0 Å².